The summed E-state index contributed by atoms with van der Waals surface area (Å²) in [6.07, 6.45) is 5.84. The van der Waals surface area contributed by atoms with Crippen molar-refractivity contribution in [1.82, 2.24) is 4.90 Å². The van der Waals surface area contributed by atoms with Gasteiger partial charge in [-0.15, -0.1) is 0 Å². The highest BCUT2D eigenvalue weighted by molar-refractivity contribution is 5.95. The normalized spacial score (nSPS) is 25.4. The van der Waals surface area contributed by atoms with E-state index in [1.165, 1.54) is 0 Å². The number of amidine groups is 1. The molecular weight excluding hydrogens is 222 g/mol. The Morgan fingerprint density at radius 1 is 1.65 bits per heavy atom. The van der Waals surface area contributed by atoms with Crippen molar-refractivity contribution in [2.45, 2.75) is 25.2 Å². The van der Waals surface area contributed by atoms with Crippen molar-refractivity contribution in [3.8, 4) is 0 Å². The maximum absolute atomic E-state index is 10.1. The van der Waals surface area contributed by atoms with Crippen molar-refractivity contribution in [2.24, 2.45) is 10.7 Å². The van der Waals surface area contributed by atoms with E-state index in [0.717, 1.165) is 12.8 Å². The second-order valence-corrected chi connectivity index (χ2v) is 3.89. The first-order chi connectivity index (χ1) is 8.17. The van der Waals surface area contributed by atoms with E-state index >= 15 is 0 Å². The van der Waals surface area contributed by atoms with Gasteiger partial charge in [-0.2, -0.15) is 4.99 Å². The number of amides is 1. The van der Waals surface area contributed by atoms with E-state index in [-0.39, 0.29) is 18.2 Å². The average Bonchev–Trinajstić information content (AvgIpc) is 2.75. The molecule has 1 saturated heterocycles. The number of aliphatic imine (C=N–C) groups is 1. The molecule has 2 atom stereocenters. The Morgan fingerprint density at radius 2 is 2.41 bits per heavy atom. The van der Waals surface area contributed by atoms with Crippen molar-refractivity contribution < 1.29 is 14.3 Å². The van der Waals surface area contributed by atoms with Crippen LogP contribution >= 0.6 is 0 Å². The van der Waals surface area contributed by atoms with Crippen LogP contribution in [-0.4, -0.2) is 50.2 Å². The number of ether oxygens (including phenoxy) is 2. The molecule has 0 aromatic heterocycles. The van der Waals surface area contributed by atoms with Crippen LogP contribution in [0.25, 0.3) is 0 Å². The summed E-state index contributed by atoms with van der Waals surface area (Å²) < 4.78 is 10.8. The molecule has 1 fully saturated rings. The molecule has 6 nitrogen and oxygen atoms in total. The van der Waals surface area contributed by atoms with Gasteiger partial charge in [-0.3, -0.25) is 4.79 Å². The topological polar surface area (TPSA) is 77.2 Å². The van der Waals surface area contributed by atoms with E-state index in [0.29, 0.717) is 13.0 Å². The van der Waals surface area contributed by atoms with Crippen LogP contribution in [0.4, 0.5) is 0 Å². The smallest absolute Gasteiger partial charge is 0.234 e. The van der Waals surface area contributed by atoms with E-state index in [1.54, 1.807) is 19.4 Å². The molecular formula is C11H19N3O3. The van der Waals surface area contributed by atoms with Gasteiger partial charge in [0.05, 0.1) is 12.7 Å². The molecule has 1 heterocycles. The molecule has 6 heteroatoms. The number of nitrogens with zero attached hydrogens (tertiary/aromatic N) is 2. The number of hydrogen-bond donors (Lipinski definition) is 1. The monoisotopic (exact) mass is 241 g/mol. The van der Waals surface area contributed by atoms with Gasteiger partial charge < -0.3 is 20.1 Å². The number of nitrogens with two attached hydrogens (primary N) is 1. The van der Waals surface area contributed by atoms with Gasteiger partial charge in [0.15, 0.2) is 0 Å². The van der Waals surface area contributed by atoms with Gasteiger partial charge in [-0.1, -0.05) is 0 Å². The summed E-state index contributed by atoms with van der Waals surface area (Å²) in [6, 6.07) is 0. The third kappa shape index (κ3) is 4.54. The molecule has 2 N–H and O–H groups in total. The third-order valence-corrected chi connectivity index (χ3v) is 2.57. The van der Waals surface area contributed by atoms with E-state index < -0.39 is 0 Å². The molecule has 0 radical (unpaired) electrons. The Hall–Kier alpha value is -1.40. The summed E-state index contributed by atoms with van der Waals surface area (Å²) >= 11 is 0. The predicted octanol–water partition coefficient (Wildman–Crippen LogP) is 0.0970. The zero-order chi connectivity index (χ0) is 12.7. The molecule has 1 rings (SSSR count). The minimum atomic E-state index is 0.0235. The predicted molar refractivity (Wildman–Crippen MR) is 64.4 cm³/mol. The van der Waals surface area contributed by atoms with Crippen molar-refractivity contribution in [3.63, 3.8) is 0 Å². The highest BCUT2D eigenvalue weighted by Gasteiger charge is 2.26. The summed E-state index contributed by atoms with van der Waals surface area (Å²) in [4.78, 5) is 15.4. The minimum absolute atomic E-state index is 0.0235. The molecule has 0 bridgehead atoms. The summed E-state index contributed by atoms with van der Waals surface area (Å²) in [5.41, 5.74) is 5.45. The number of rotatable bonds is 6. The molecule has 1 aliphatic heterocycles. The van der Waals surface area contributed by atoms with E-state index in [4.69, 9.17) is 15.2 Å². The van der Waals surface area contributed by atoms with Crippen LogP contribution in [0.2, 0.25) is 0 Å². The SMILES string of the molecule is COCC1CCC(N(C)/C=C\C(N)=N/C=O)O1. The summed E-state index contributed by atoms with van der Waals surface area (Å²) in [5, 5.41) is 0. The fourth-order valence-corrected chi connectivity index (χ4v) is 1.69. The standard InChI is InChI=1S/C11H19N3O3/c1-14(6-5-10(12)13-8-15)11-4-3-9(17-11)7-16-2/h5-6,8-9,11H,3-4,7H2,1-2H3,(H2,12,13,15)/b6-5-. The molecule has 0 aromatic rings. The molecule has 96 valence electrons. The van der Waals surface area contributed by atoms with Crippen LogP contribution in [0.15, 0.2) is 17.3 Å². The number of carbonyl (C=O) groups excluding carboxylic acids is 1. The van der Waals surface area contributed by atoms with Crippen molar-refractivity contribution >= 4 is 12.2 Å². The molecule has 0 saturated carbocycles. The van der Waals surface area contributed by atoms with Gasteiger partial charge in [0, 0.05) is 20.4 Å². The molecule has 0 spiro atoms. The van der Waals surface area contributed by atoms with E-state index in [2.05, 4.69) is 4.99 Å². The minimum Gasteiger partial charge on any atom is -0.384 e. The van der Waals surface area contributed by atoms with Crippen LogP contribution in [0.3, 0.4) is 0 Å². The van der Waals surface area contributed by atoms with Gasteiger partial charge in [-0.05, 0) is 18.9 Å². The van der Waals surface area contributed by atoms with Crippen molar-refractivity contribution in [1.29, 1.82) is 0 Å². The molecule has 17 heavy (non-hydrogen) atoms. The lowest BCUT2D eigenvalue weighted by Gasteiger charge is -2.22. The maximum atomic E-state index is 10.1. The lowest BCUT2D eigenvalue weighted by atomic mass is 10.2. The number of hydrogen-bond acceptors (Lipinski definition) is 4. The Morgan fingerprint density at radius 3 is 3.06 bits per heavy atom. The third-order valence-electron chi connectivity index (χ3n) is 2.57. The van der Waals surface area contributed by atoms with Crippen LogP contribution in [0.1, 0.15) is 12.8 Å². The molecule has 1 amide bonds. The van der Waals surface area contributed by atoms with E-state index in [9.17, 15) is 4.79 Å². The highest BCUT2D eigenvalue weighted by Crippen LogP contribution is 2.21. The summed E-state index contributed by atoms with van der Waals surface area (Å²) in [5.74, 6) is 0.179. The Balaban J connectivity index is 2.41. The lowest BCUT2D eigenvalue weighted by Crippen LogP contribution is -2.28. The number of carbonyl (C=O) groups is 1. The Labute approximate surface area is 101 Å². The first-order valence-electron chi connectivity index (χ1n) is 5.48. The van der Waals surface area contributed by atoms with Crippen LogP contribution < -0.4 is 5.73 Å². The molecule has 0 aliphatic carbocycles. The second kappa shape index (κ2) is 7.03. The summed E-state index contributed by atoms with van der Waals surface area (Å²) in [7, 11) is 3.56. The maximum Gasteiger partial charge on any atom is 0.234 e. The van der Waals surface area contributed by atoms with Crippen LogP contribution in [-0.2, 0) is 14.3 Å². The fraction of sp³-hybridized carbons (Fsp3) is 0.636. The van der Waals surface area contributed by atoms with Gasteiger partial charge in [0.1, 0.15) is 12.1 Å². The molecule has 1 aliphatic rings. The average molecular weight is 241 g/mol. The lowest BCUT2D eigenvalue weighted by molar-refractivity contribution is -0.106. The Kier molecular flexibility index (Phi) is 5.65. The summed E-state index contributed by atoms with van der Waals surface area (Å²) in [6.45, 7) is 0.614. The zero-order valence-electron chi connectivity index (χ0n) is 10.2. The molecule has 0 aromatic carbocycles. The van der Waals surface area contributed by atoms with Crippen molar-refractivity contribution in [3.05, 3.63) is 12.3 Å². The first kappa shape index (κ1) is 13.7. The van der Waals surface area contributed by atoms with Crippen molar-refractivity contribution in [2.75, 3.05) is 20.8 Å². The van der Waals surface area contributed by atoms with Gasteiger partial charge >= 0.3 is 0 Å². The number of methoxy groups -OCH3 is 1. The first-order valence-corrected chi connectivity index (χ1v) is 5.48. The van der Waals surface area contributed by atoms with Crippen LogP contribution in [0.5, 0.6) is 0 Å². The molecule has 2 unspecified atom stereocenters. The van der Waals surface area contributed by atoms with Crippen LogP contribution in [0, 0.1) is 0 Å². The Bertz CT molecular complexity index is 304. The van der Waals surface area contributed by atoms with Gasteiger partial charge in [0.25, 0.3) is 0 Å². The van der Waals surface area contributed by atoms with E-state index in [1.807, 2.05) is 11.9 Å². The second-order valence-electron chi connectivity index (χ2n) is 3.89. The highest BCUT2D eigenvalue weighted by atomic mass is 16.5. The van der Waals surface area contributed by atoms with Gasteiger partial charge in [0.2, 0.25) is 6.41 Å². The largest absolute Gasteiger partial charge is 0.384 e. The fourth-order valence-electron chi connectivity index (χ4n) is 1.69. The van der Waals surface area contributed by atoms with Gasteiger partial charge in [-0.25, -0.2) is 0 Å². The quantitative estimate of drug-likeness (QED) is 0.405. The zero-order valence-corrected chi connectivity index (χ0v) is 10.2.